The number of rotatable bonds is 2. The lowest BCUT2D eigenvalue weighted by Gasteiger charge is -2.36. The average Bonchev–Trinajstić information content (AvgIpc) is 2.37. The van der Waals surface area contributed by atoms with E-state index in [0.717, 1.165) is 4.47 Å². The molecule has 1 aliphatic rings. The smallest absolute Gasteiger partial charge is 0.384 e. The minimum Gasteiger partial charge on any atom is -0.384 e. The number of nitrogens with one attached hydrogen (secondary N) is 1. The monoisotopic (exact) mass is 349 g/mol. The maximum atomic E-state index is 12.9. The third-order valence-electron chi connectivity index (χ3n) is 3.47. The molecule has 110 valence electrons. The van der Waals surface area contributed by atoms with Crippen molar-refractivity contribution in [1.29, 1.82) is 5.41 Å². The summed E-state index contributed by atoms with van der Waals surface area (Å²) < 4.78 is 39.3. The molecule has 1 aromatic carbocycles. The fraction of sp³-hybridized carbons (Fsp3) is 0.462. The van der Waals surface area contributed by atoms with Crippen LogP contribution in [-0.4, -0.2) is 25.1 Å². The molecule has 1 heterocycles. The lowest BCUT2D eigenvalue weighted by Crippen LogP contribution is -2.42. The average molecular weight is 350 g/mol. The summed E-state index contributed by atoms with van der Waals surface area (Å²) in [4.78, 5) is 1.67. The number of piperidine rings is 1. The van der Waals surface area contributed by atoms with Crippen LogP contribution in [0.15, 0.2) is 22.7 Å². The summed E-state index contributed by atoms with van der Waals surface area (Å²) in [5, 5.41) is 7.57. The van der Waals surface area contributed by atoms with Crippen LogP contribution in [0.2, 0.25) is 0 Å². The van der Waals surface area contributed by atoms with E-state index in [4.69, 9.17) is 11.1 Å². The molecule has 1 aromatic rings. The number of benzene rings is 1. The van der Waals surface area contributed by atoms with Crippen molar-refractivity contribution in [2.24, 2.45) is 11.7 Å². The highest BCUT2D eigenvalue weighted by molar-refractivity contribution is 9.10. The Bertz CT molecular complexity index is 516. The molecule has 1 fully saturated rings. The number of anilines is 1. The van der Waals surface area contributed by atoms with Gasteiger partial charge in [0.1, 0.15) is 5.84 Å². The van der Waals surface area contributed by atoms with E-state index in [1.807, 2.05) is 0 Å². The van der Waals surface area contributed by atoms with Crippen LogP contribution in [0.1, 0.15) is 18.4 Å². The maximum Gasteiger partial charge on any atom is 0.393 e. The standard InChI is InChI=1S/C13H15BrF3N3/c14-9-3-4-11(10(6-9)12(18)19)20-5-1-2-8(7-20)13(15,16)17/h3-4,6,8H,1-2,5,7H2,(H3,18,19). The van der Waals surface area contributed by atoms with Crippen molar-refractivity contribution < 1.29 is 13.2 Å². The summed E-state index contributed by atoms with van der Waals surface area (Å²) in [6.45, 7) is 0.472. The lowest BCUT2D eigenvalue weighted by molar-refractivity contribution is -0.175. The van der Waals surface area contributed by atoms with Gasteiger partial charge >= 0.3 is 6.18 Å². The highest BCUT2D eigenvalue weighted by Gasteiger charge is 2.42. The van der Waals surface area contributed by atoms with E-state index >= 15 is 0 Å². The van der Waals surface area contributed by atoms with Crippen molar-refractivity contribution in [3.8, 4) is 0 Å². The van der Waals surface area contributed by atoms with E-state index in [0.29, 0.717) is 24.2 Å². The van der Waals surface area contributed by atoms with E-state index in [1.165, 1.54) is 0 Å². The van der Waals surface area contributed by atoms with E-state index < -0.39 is 12.1 Å². The molecular weight excluding hydrogens is 335 g/mol. The first-order valence-electron chi connectivity index (χ1n) is 6.24. The molecular formula is C13H15BrF3N3. The molecule has 0 aliphatic carbocycles. The third-order valence-corrected chi connectivity index (χ3v) is 3.97. The SMILES string of the molecule is N=C(N)c1cc(Br)ccc1N1CCCC(C(F)(F)F)C1. The maximum absolute atomic E-state index is 12.9. The zero-order valence-corrected chi connectivity index (χ0v) is 12.3. The lowest BCUT2D eigenvalue weighted by atomic mass is 9.96. The number of nitrogens with two attached hydrogens (primary N) is 1. The van der Waals surface area contributed by atoms with Gasteiger partial charge in [-0.1, -0.05) is 15.9 Å². The molecule has 0 spiro atoms. The normalized spacial score (nSPS) is 20.0. The number of nitrogens with zero attached hydrogens (tertiary/aromatic N) is 1. The predicted molar refractivity (Wildman–Crippen MR) is 76.2 cm³/mol. The van der Waals surface area contributed by atoms with Crippen molar-refractivity contribution in [1.82, 2.24) is 0 Å². The number of hydrogen-bond donors (Lipinski definition) is 2. The quantitative estimate of drug-likeness (QED) is 0.634. The second kappa shape index (κ2) is 5.63. The summed E-state index contributed by atoms with van der Waals surface area (Å²) in [5.74, 6) is -1.46. The molecule has 3 nitrogen and oxygen atoms in total. The molecule has 0 amide bonds. The number of nitrogen functional groups attached to an aromatic ring is 1. The summed E-state index contributed by atoms with van der Waals surface area (Å²) in [6, 6.07) is 5.12. The van der Waals surface area contributed by atoms with Crippen LogP contribution in [0.5, 0.6) is 0 Å². The van der Waals surface area contributed by atoms with Gasteiger partial charge in [-0.25, -0.2) is 0 Å². The number of amidine groups is 1. The molecule has 0 radical (unpaired) electrons. The topological polar surface area (TPSA) is 53.1 Å². The Morgan fingerprint density at radius 3 is 2.70 bits per heavy atom. The Balaban J connectivity index is 2.29. The fourth-order valence-corrected chi connectivity index (χ4v) is 2.82. The highest BCUT2D eigenvalue weighted by Crippen LogP contribution is 2.36. The van der Waals surface area contributed by atoms with Crippen LogP contribution in [0.25, 0.3) is 0 Å². The molecule has 1 saturated heterocycles. The van der Waals surface area contributed by atoms with Gasteiger partial charge in [0, 0.05) is 28.8 Å². The van der Waals surface area contributed by atoms with E-state index in [9.17, 15) is 13.2 Å². The molecule has 0 aromatic heterocycles. The van der Waals surface area contributed by atoms with Crippen molar-refractivity contribution in [3.63, 3.8) is 0 Å². The van der Waals surface area contributed by atoms with Crippen molar-refractivity contribution in [2.45, 2.75) is 19.0 Å². The molecule has 20 heavy (non-hydrogen) atoms. The minimum atomic E-state index is -4.18. The number of halogens is 4. The van der Waals surface area contributed by atoms with E-state index in [1.54, 1.807) is 23.1 Å². The van der Waals surface area contributed by atoms with E-state index in [-0.39, 0.29) is 18.8 Å². The summed E-state index contributed by atoms with van der Waals surface area (Å²) in [7, 11) is 0. The molecule has 3 N–H and O–H groups in total. The largest absolute Gasteiger partial charge is 0.393 e. The van der Waals surface area contributed by atoms with Gasteiger partial charge in [-0.15, -0.1) is 0 Å². The first-order valence-corrected chi connectivity index (χ1v) is 7.04. The molecule has 1 aliphatic heterocycles. The van der Waals surface area contributed by atoms with Crippen molar-refractivity contribution in [3.05, 3.63) is 28.2 Å². The Morgan fingerprint density at radius 2 is 2.10 bits per heavy atom. The van der Waals surface area contributed by atoms with Crippen molar-refractivity contribution in [2.75, 3.05) is 18.0 Å². The van der Waals surface area contributed by atoms with Crippen LogP contribution >= 0.6 is 15.9 Å². The Labute approximate surface area is 123 Å². The molecule has 7 heteroatoms. The summed E-state index contributed by atoms with van der Waals surface area (Å²) >= 11 is 3.28. The summed E-state index contributed by atoms with van der Waals surface area (Å²) in [5.41, 5.74) is 6.58. The van der Waals surface area contributed by atoms with Gasteiger partial charge in [0.2, 0.25) is 0 Å². The zero-order chi connectivity index (χ0) is 14.9. The third kappa shape index (κ3) is 3.26. The minimum absolute atomic E-state index is 0.0780. The number of hydrogen-bond acceptors (Lipinski definition) is 2. The van der Waals surface area contributed by atoms with Gasteiger partial charge in [0.25, 0.3) is 0 Å². The van der Waals surface area contributed by atoms with E-state index in [2.05, 4.69) is 15.9 Å². The second-order valence-corrected chi connectivity index (χ2v) is 5.82. The van der Waals surface area contributed by atoms with Crippen LogP contribution in [0.3, 0.4) is 0 Å². The highest BCUT2D eigenvalue weighted by atomic mass is 79.9. The van der Waals surface area contributed by atoms with Crippen LogP contribution in [0.4, 0.5) is 18.9 Å². The molecule has 2 rings (SSSR count). The Morgan fingerprint density at radius 1 is 1.40 bits per heavy atom. The Hall–Kier alpha value is -1.24. The van der Waals surface area contributed by atoms with Crippen molar-refractivity contribution >= 4 is 27.5 Å². The Kier molecular flexibility index (Phi) is 4.27. The van der Waals surface area contributed by atoms with Gasteiger partial charge in [-0.3, -0.25) is 5.41 Å². The van der Waals surface area contributed by atoms with Gasteiger partial charge in [-0.05, 0) is 31.0 Å². The summed E-state index contributed by atoms with van der Waals surface area (Å²) in [6.07, 6.45) is -3.53. The van der Waals surface area contributed by atoms with Crippen LogP contribution in [-0.2, 0) is 0 Å². The molecule has 0 bridgehead atoms. The van der Waals surface area contributed by atoms with Crippen LogP contribution < -0.4 is 10.6 Å². The molecule has 1 atom stereocenters. The number of alkyl halides is 3. The zero-order valence-electron chi connectivity index (χ0n) is 10.7. The van der Waals surface area contributed by atoms with Gasteiger partial charge < -0.3 is 10.6 Å². The molecule has 1 unspecified atom stereocenters. The first-order chi connectivity index (χ1) is 9.29. The van der Waals surface area contributed by atoms with Crippen LogP contribution in [0, 0.1) is 11.3 Å². The van der Waals surface area contributed by atoms with Gasteiger partial charge in [0.05, 0.1) is 5.92 Å². The second-order valence-electron chi connectivity index (χ2n) is 4.90. The van der Waals surface area contributed by atoms with Gasteiger partial charge in [-0.2, -0.15) is 13.2 Å². The van der Waals surface area contributed by atoms with Gasteiger partial charge in [0.15, 0.2) is 0 Å². The molecule has 0 saturated carbocycles. The predicted octanol–water partition coefficient (Wildman–Crippen LogP) is 3.51. The fourth-order valence-electron chi connectivity index (χ4n) is 2.46. The first kappa shape index (κ1) is 15.2.